The molecule has 26 heavy (non-hydrogen) atoms. The van der Waals surface area contributed by atoms with Crippen LogP contribution in [0.4, 0.5) is 13.2 Å². The van der Waals surface area contributed by atoms with Gasteiger partial charge in [0, 0.05) is 17.8 Å². The van der Waals surface area contributed by atoms with Crippen molar-refractivity contribution >= 4 is 0 Å². The Balaban J connectivity index is 2.00. The van der Waals surface area contributed by atoms with E-state index in [0.29, 0.717) is 16.7 Å². The normalized spacial score (nSPS) is 10.8. The third kappa shape index (κ3) is 3.58. The molecule has 0 aliphatic heterocycles. The van der Waals surface area contributed by atoms with Crippen molar-refractivity contribution in [3.8, 4) is 28.5 Å². The van der Waals surface area contributed by atoms with Crippen molar-refractivity contribution in [3.63, 3.8) is 0 Å². The number of nitrogens with zero attached hydrogens (tertiary/aromatic N) is 3. The molecule has 3 rings (SSSR count). The summed E-state index contributed by atoms with van der Waals surface area (Å²) in [4.78, 5) is 11.8. The van der Waals surface area contributed by atoms with E-state index in [9.17, 15) is 13.2 Å². The smallest absolute Gasteiger partial charge is 0.280 e. The largest absolute Gasteiger partial charge is 0.496 e. The lowest BCUT2D eigenvalue weighted by Gasteiger charge is -2.13. The molecule has 8 heteroatoms. The van der Waals surface area contributed by atoms with Crippen LogP contribution in [0.25, 0.3) is 11.1 Å². The first-order valence-electron chi connectivity index (χ1n) is 7.56. The van der Waals surface area contributed by atoms with Crippen molar-refractivity contribution in [1.82, 2.24) is 15.0 Å². The van der Waals surface area contributed by atoms with Crippen LogP contribution in [0, 0.1) is 12.7 Å². The molecule has 1 aromatic carbocycles. The van der Waals surface area contributed by atoms with Gasteiger partial charge in [0.15, 0.2) is 0 Å². The Kier molecular flexibility index (Phi) is 5.01. The number of pyridine rings is 1. The van der Waals surface area contributed by atoms with Crippen molar-refractivity contribution in [1.29, 1.82) is 0 Å². The minimum absolute atomic E-state index is 0.163. The number of hydrogen-bond acceptors (Lipinski definition) is 5. The second-order valence-electron chi connectivity index (χ2n) is 5.36. The van der Waals surface area contributed by atoms with Crippen LogP contribution in [-0.2, 0) is 0 Å². The van der Waals surface area contributed by atoms with Crippen LogP contribution < -0.4 is 9.47 Å². The van der Waals surface area contributed by atoms with E-state index in [4.69, 9.17) is 9.47 Å². The van der Waals surface area contributed by atoms with Gasteiger partial charge in [0.25, 0.3) is 6.43 Å². The second kappa shape index (κ2) is 7.38. The lowest BCUT2D eigenvalue weighted by molar-refractivity contribution is 0.145. The van der Waals surface area contributed by atoms with Crippen molar-refractivity contribution in [2.24, 2.45) is 0 Å². The Morgan fingerprint density at radius 3 is 2.54 bits per heavy atom. The summed E-state index contributed by atoms with van der Waals surface area (Å²) in [6.45, 7) is 1.52. The maximum absolute atomic E-state index is 13.4. The zero-order valence-corrected chi connectivity index (χ0v) is 13.9. The SMILES string of the molecule is COc1cc(F)ccc1-c1cncnc1Oc1cnc(C(F)F)c(C)c1. The summed E-state index contributed by atoms with van der Waals surface area (Å²) >= 11 is 0. The molecule has 2 heterocycles. The van der Waals surface area contributed by atoms with E-state index in [2.05, 4.69) is 15.0 Å². The van der Waals surface area contributed by atoms with E-state index >= 15 is 0 Å². The highest BCUT2D eigenvalue weighted by atomic mass is 19.3. The van der Waals surface area contributed by atoms with Crippen LogP contribution >= 0.6 is 0 Å². The summed E-state index contributed by atoms with van der Waals surface area (Å²) in [6, 6.07) is 5.47. The lowest BCUT2D eigenvalue weighted by Crippen LogP contribution is -1.98. The number of methoxy groups -OCH3 is 1. The van der Waals surface area contributed by atoms with Crippen molar-refractivity contribution in [2.45, 2.75) is 13.3 Å². The molecule has 0 fully saturated rings. The molecular weight excluding hydrogens is 347 g/mol. The average molecular weight is 361 g/mol. The average Bonchev–Trinajstić information content (AvgIpc) is 2.62. The van der Waals surface area contributed by atoms with E-state index in [-0.39, 0.29) is 23.1 Å². The van der Waals surface area contributed by atoms with E-state index in [1.54, 1.807) is 0 Å². The Labute approximate surface area is 147 Å². The molecule has 0 saturated heterocycles. The Bertz CT molecular complexity index is 935. The van der Waals surface area contributed by atoms with E-state index in [1.165, 1.54) is 57.0 Å². The molecule has 0 spiro atoms. The highest BCUT2D eigenvalue weighted by Gasteiger charge is 2.17. The molecule has 0 saturated carbocycles. The first-order valence-corrected chi connectivity index (χ1v) is 7.56. The van der Waals surface area contributed by atoms with Gasteiger partial charge in [-0.25, -0.2) is 23.1 Å². The van der Waals surface area contributed by atoms with Gasteiger partial charge in [-0.2, -0.15) is 0 Å². The fraction of sp³-hybridized carbons (Fsp3) is 0.167. The van der Waals surface area contributed by atoms with Gasteiger partial charge in [-0.3, -0.25) is 4.98 Å². The van der Waals surface area contributed by atoms with E-state index < -0.39 is 12.2 Å². The molecule has 134 valence electrons. The molecule has 0 aliphatic rings. The quantitative estimate of drug-likeness (QED) is 0.658. The van der Waals surface area contributed by atoms with Crippen LogP contribution in [0.5, 0.6) is 17.4 Å². The molecule has 0 bridgehead atoms. The predicted octanol–water partition coefficient (Wildman–Crippen LogP) is 4.72. The Morgan fingerprint density at radius 1 is 1.04 bits per heavy atom. The highest BCUT2D eigenvalue weighted by molar-refractivity contribution is 5.74. The van der Waals surface area contributed by atoms with Gasteiger partial charge in [-0.15, -0.1) is 0 Å². The zero-order valence-electron chi connectivity index (χ0n) is 13.9. The topological polar surface area (TPSA) is 57.1 Å². The van der Waals surface area contributed by atoms with Crippen molar-refractivity contribution < 1.29 is 22.6 Å². The molecule has 2 aromatic heterocycles. The first kappa shape index (κ1) is 17.7. The fourth-order valence-corrected chi connectivity index (χ4v) is 2.43. The van der Waals surface area contributed by atoms with Gasteiger partial charge < -0.3 is 9.47 Å². The highest BCUT2D eigenvalue weighted by Crippen LogP contribution is 2.37. The third-order valence-electron chi connectivity index (χ3n) is 3.64. The van der Waals surface area contributed by atoms with E-state index in [1.807, 2.05) is 0 Å². The molecule has 5 nitrogen and oxygen atoms in total. The molecule has 0 atom stereocenters. The fourth-order valence-electron chi connectivity index (χ4n) is 2.43. The number of benzene rings is 1. The number of halogens is 3. The van der Waals surface area contributed by atoms with Gasteiger partial charge in [-0.05, 0) is 30.7 Å². The number of alkyl halides is 2. The predicted molar refractivity (Wildman–Crippen MR) is 88.0 cm³/mol. The van der Waals surface area contributed by atoms with Gasteiger partial charge in [0.1, 0.15) is 29.3 Å². The number of hydrogen-bond donors (Lipinski definition) is 0. The first-order chi connectivity index (χ1) is 12.5. The Morgan fingerprint density at radius 2 is 1.85 bits per heavy atom. The lowest BCUT2D eigenvalue weighted by atomic mass is 10.1. The van der Waals surface area contributed by atoms with Crippen LogP contribution in [-0.4, -0.2) is 22.1 Å². The number of rotatable bonds is 5. The standard InChI is InChI=1S/C18H14F3N3O2/c1-10-5-12(7-23-16(10)17(20)21)26-18-14(8-22-9-24-18)13-4-3-11(19)6-15(13)25-2/h3-9,17H,1-2H3. The molecule has 0 amide bonds. The van der Waals surface area contributed by atoms with Gasteiger partial charge in [0.05, 0.1) is 18.9 Å². The third-order valence-corrected chi connectivity index (χ3v) is 3.64. The molecule has 3 aromatic rings. The van der Waals surface area contributed by atoms with Gasteiger partial charge in [-0.1, -0.05) is 0 Å². The monoisotopic (exact) mass is 361 g/mol. The summed E-state index contributed by atoms with van der Waals surface area (Å²) in [5.41, 5.74) is 0.978. The number of aromatic nitrogens is 3. The summed E-state index contributed by atoms with van der Waals surface area (Å²) in [7, 11) is 1.42. The van der Waals surface area contributed by atoms with E-state index in [0.717, 1.165) is 0 Å². The summed E-state index contributed by atoms with van der Waals surface area (Å²) < 4.78 is 50.0. The van der Waals surface area contributed by atoms with Crippen LogP contribution in [0.3, 0.4) is 0 Å². The maximum Gasteiger partial charge on any atom is 0.280 e. The number of ether oxygens (including phenoxy) is 2. The van der Waals surface area contributed by atoms with Crippen LogP contribution in [0.15, 0.2) is 43.0 Å². The molecular formula is C18H14F3N3O2. The van der Waals surface area contributed by atoms with Crippen LogP contribution in [0.1, 0.15) is 17.7 Å². The molecule has 0 N–H and O–H groups in total. The molecule has 0 unspecified atom stereocenters. The van der Waals surface area contributed by atoms with Gasteiger partial charge in [0.2, 0.25) is 5.88 Å². The second-order valence-corrected chi connectivity index (χ2v) is 5.36. The van der Waals surface area contributed by atoms with Gasteiger partial charge >= 0.3 is 0 Å². The number of aryl methyl sites for hydroxylation is 1. The maximum atomic E-state index is 13.4. The van der Waals surface area contributed by atoms with Crippen LogP contribution in [0.2, 0.25) is 0 Å². The minimum atomic E-state index is -2.66. The zero-order chi connectivity index (χ0) is 18.7. The Hall–Kier alpha value is -3.16. The summed E-state index contributed by atoms with van der Waals surface area (Å²) in [5.74, 6) is 0.239. The summed E-state index contributed by atoms with van der Waals surface area (Å²) in [5, 5.41) is 0. The minimum Gasteiger partial charge on any atom is -0.496 e. The molecule has 0 radical (unpaired) electrons. The molecule has 0 aliphatic carbocycles. The van der Waals surface area contributed by atoms with Crippen molar-refractivity contribution in [2.75, 3.05) is 7.11 Å². The summed E-state index contributed by atoms with van der Waals surface area (Å²) in [6.07, 6.45) is 1.30. The van der Waals surface area contributed by atoms with Crippen molar-refractivity contribution in [3.05, 3.63) is 60.1 Å².